The van der Waals surface area contributed by atoms with Crippen molar-refractivity contribution in [1.82, 2.24) is 14.3 Å². The lowest BCUT2D eigenvalue weighted by molar-refractivity contribution is 0.102. The number of hydrogen-bond acceptors (Lipinski definition) is 3. The molecule has 0 atom stereocenters. The average Bonchev–Trinajstić information content (AvgIpc) is 2.88. The van der Waals surface area contributed by atoms with Crippen molar-refractivity contribution in [3.8, 4) is 0 Å². The first-order valence-electron chi connectivity index (χ1n) is 7.33. The number of pyridine rings is 1. The topological polar surface area (TPSA) is 49.6 Å². The SMILES string of the molecule is CN(C)Cc1c(C(=O)Nc2ccc(F)cc2F)nc2ccccn12. The molecule has 0 saturated carbocycles. The molecule has 0 bridgehead atoms. The van der Waals surface area contributed by atoms with Gasteiger partial charge in [-0.05, 0) is 38.4 Å². The van der Waals surface area contributed by atoms with Gasteiger partial charge in [-0.1, -0.05) is 6.07 Å². The van der Waals surface area contributed by atoms with Crippen molar-refractivity contribution in [1.29, 1.82) is 0 Å². The van der Waals surface area contributed by atoms with Crippen molar-refractivity contribution in [2.24, 2.45) is 0 Å². The van der Waals surface area contributed by atoms with Crippen LogP contribution in [0.4, 0.5) is 14.5 Å². The lowest BCUT2D eigenvalue weighted by atomic mass is 10.2. The van der Waals surface area contributed by atoms with Gasteiger partial charge in [0, 0.05) is 18.8 Å². The second-order valence-electron chi connectivity index (χ2n) is 5.65. The van der Waals surface area contributed by atoms with E-state index in [0.29, 0.717) is 17.9 Å². The Bertz CT molecular complexity index is 905. The van der Waals surface area contributed by atoms with E-state index >= 15 is 0 Å². The van der Waals surface area contributed by atoms with Gasteiger partial charge in [0.25, 0.3) is 5.91 Å². The first kappa shape index (κ1) is 16.1. The third-order valence-electron chi connectivity index (χ3n) is 3.49. The summed E-state index contributed by atoms with van der Waals surface area (Å²) in [4.78, 5) is 18.8. The van der Waals surface area contributed by atoms with Gasteiger partial charge in [-0.25, -0.2) is 13.8 Å². The fourth-order valence-corrected chi connectivity index (χ4v) is 2.45. The van der Waals surface area contributed by atoms with E-state index in [0.717, 1.165) is 12.1 Å². The van der Waals surface area contributed by atoms with Crippen LogP contribution in [0, 0.1) is 11.6 Å². The summed E-state index contributed by atoms with van der Waals surface area (Å²) in [5.41, 5.74) is 1.43. The van der Waals surface area contributed by atoms with E-state index in [1.807, 2.05) is 41.7 Å². The van der Waals surface area contributed by atoms with Crippen LogP contribution in [0.5, 0.6) is 0 Å². The highest BCUT2D eigenvalue weighted by Gasteiger charge is 2.20. The van der Waals surface area contributed by atoms with Crippen LogP contribution in [-0.2, 0) is 6.54 Å². The predicted molar refractivity (Wildman–Crippen MR) is 86.9 cm³/mol. The van der Waals surface area contributed by atoms with Crippen molar-refractivity contribution in [3.63, 3.8) is 0 Å². The fourth-order valence-electron chi connectivity index (χ4n) is 2.45. The minimum atomic E-state index is -0.832. The molecule has 0 saturated heterocycles. The first-order chi connectivity index (χ1) is 11.5. The molecule has 0 unspecified atom stereocenters. The average molecular weight is 330 g/mol. The standard InChI is InChI=1S/C17H16F2N4O/c1-22(2)10-14-16(21-15-5-3-4-8-23(14)15)17(24)20-13-7-6-11(18)9-12(13)19/h3-9H,10H2,1-2H3,(H,20,24). The zero-order valence-corrected chi connectivity index (χ0v) is 13.3. The second kappa shape index (κ2) is 6.37. The molecule has 7 heteroatoms. The summed E-state index contributed by atoms with van der Waals surface area (Å²) in [5.74, 6) is -2.08. The molecule has 2 heterocycles. The Morgan fingerprint density at radius 3 is 2.75 bits per heavy atom. The molecule has 2 aromatic heterocycles. The maximum absolute atomic E-state index is 13.8. The number of imidazole rings is 1. The molecular weight excluding hydrogens is 314 g/mol. The van der Waals surface area contributed by atoms with Crippen LogP contribution in [0.2, 0.25) is 0 Å². The Labute approximate surface area is 137 Å². The highest BCUT2D eigenvalue weighted by atomic mass is 19.1. The largest absolute Gasteiger partial charge is 0.318 e. The zero-order valence-electron chi connectivity index (χ0n) is 13.3. The van der Waals surface area contributed by atoms with E-state index in [1.54, 1.807) is 6.07 Å². The Morgan fingerprint density at radius 2 is 2.04 bits per heavy atom. The summed E-state index contributed by atoms with van der Waals surface area (Å²) in [5, 5.41) is 2.45. The predicted octanol–water partition coefficient (Wildman–Crippen LogP) is 2.93. The number of carbonyl (C=O) groups is 1. The monoisotopic (exact) mass is 330 g/mol. The molecule has 0 radical (unpaired) electrons. The van der Waals surface area contributed by atoms with Gasteiger partial charge >= 0.3 is 0 Å². The number of amides is 1. The Morgan fingerprint density at radius 1 is 1.25 bits per heavy atom. The van der Waals surface area contributed by atoms with E-state index in [4.69, 9.17) is 0 Å². The van der Waals surface area contributed by atoms with Gasteiger partial charge < -0.3 is 14.6 Å². The smallest absolute Gasteiger partial charge is 0.276 e. The van der Waals surface area contributed by atoms with E-state index in [2.05, 4.69) is 10.3 Å². The third kappa shape index (κ3) is 3.11. The van der Waals surface area contributed by atoms with Crippen LogP contribution in [0.25, 0.3) is 5.65 Å². The lowest BCUT2D eigenvalue weighted by Crippen LogP contribution is -2.19. The van der Waals surface area contributed by atoms with Crippen LogP contribution in [0.15, 0.2) is 42.6 Å². The number of rotatable bonds is 4. The van der Waals surface area contributed by atoms with Crippen molar-refractivity contribution in [2.45, 2.75) is 6.54 Å². The summed E-state index contributed by atoms with van der Waals surface area (Å²) in [6, 6.07) is 8.44. The number of fused-ring (bicyclic) bond motifs is 1. The summed E-state index contributed by atoms with van der Waals surface area (Å²) in [6.07, 6.45) is 1.82. The fraction of sp³-hybridized carbons (Fsp3) is 0.176. The summed E-state index contributed by atoms with van der Waals surface area (Å²) in [7, 11) is 3.76. The van der Waals surface area contributed by atoms with E-state index in [-0.39, 0.29) is 11.4 Å². The van der Waals surface area contributed by atoms with Gasteiger partial charge in [0.15, 0.2) is 5.69 Å². The van der Waals surface area contributed by atoms with Gasteiger partial charge in [-0.15, -0.1) is 0 Å². The molecule has 24 heavy (non-hydrogen) atoms. The molecule has 0 aliphatic carbocycles. The normalized spacial score (nSPS) is 11.2. The first-order valence-corrected chi connectivity index (χ1v) is 7.33. The highest BCUT2D eigenvalue weighted by Crippen LogP contribution is 2.19. The minimum Gasteiger partial charge on any atom is -0.318 e. The molecule has 1 N–H and O–H groups in total. The van der Waals surface area contributed by atoms with Crippen LogP contribution in [0.1, 0.15) is 16.2 Å². The summed E-state index contributed by atoms with van der Waals surface area (Å²) >= 11 is 0. The van der Waals surface area contributed by atoms with Crippen LogP contribution in [0.3, 0.4) is 0 Å². The molecule has 3 rings (SSSR count). The number of aromatic nitrogens is 2. The third-order valence-corrected chi connectivity index (χ3v) is 3.49. The number of hydrogen-bond donors (Lipinski definition) is 1. The molecule has 5 nitrogen and oxygen atoms in total. The number of carbonyl (C=O) groups excluding carboxylic acids is 1. The molecule has 0 fully saturated rings. The molecule has 0 spiro atoms. The lowest BCUT2D eigenvalue weighted by Gasteiger charge is -2.11. The number of benzene rings is 1. The summed E-state index contributed by atoms with van der Waals surface area (Å²) < 4.78 is 28.5. The summed E-state index contributed by atoms with van der Waals surface area (Å²) in [6.45, 7) is 0.486. The van der Waals surface area contributed by atoms with E-state index < -0.39 is 17.5 Å². The number of nitrogens with zero attached hydrogens (tertiary/aromatic N) is 3. The quantitative estimate of drug-likeness (QED) is 0.800. The second-order valence-corrected chi connectivity index (χ2v) is 5.65. The van der Waals surface area contributed by atoms with Crippen molar-refractivity contribution in [2.75, 3.05) is 19.4 Å². The van der Waals surface area contributed by atoms with Gasteiger partial charge in [0.2, 0.25) is 0 Å². The van der Waals surface area contributed by atoms with Crippen LogP contribution >= 0.6 is 0 Å². The zero-order chi connectivity index (χ0) is 17.3. The maximum Gasteiger partial charge on any atom is 0.276 e. The highest BCUT2D eigenvalue weighted by molar-refractivity contribution is 6.04. The maximum atomic E-state index is 13.8. The van der Waals surface area contributed by atoms with Gasteiger partial charge in [0.1, 0.15) is 17.3 Å². The van der Waals surface area contributed by atoms with Gasteiger partial charge in [-0.2, -0.15) is 0 Å². The molecule has 1 amide bonds. The van der Waals surface area contributed by atoms with Gasteiger partial charge in [-0.3, -0.25) is 4.79 Å². The van der Waals surface area contributed by atoms with E-state index in [1.165, 1.54) is 6.07 Å². The molecule has 124 valence electrons. The van der Waals surface area contributed by atoms with Crippen LogP contribution < -0.4 is 5.32 Å². The molecule has 0 aliphatic heterocycles. The van der Waals surface area contributed by atoms with Crippen molar-refractivity contribution >= 4 is 17.2 Å². The number of halogens is 2. The Kier molecular flexibility index (Phi) is 4.26. The minimum absolute atomic E-state index is 0.0886. The molecular formula is C17H16F2N4O. The molecule has 3 aromatic rings. The molecule has 0 aliphatic rings. The van der Waals surface area contributed by atoms with Crippen LogP contribution in [-0.4, -0.2) is 34.3 Å². The number of nitrogens with one attached hydrogen (secondary N) is 1. The Balaban J connectivity index is 1.99. The molecule has 1 aromatic carbocycles. The van der Waals surface area contributed by atoms with Crippen molar-refractivity contribution < 1.29 is 13.6 Å². The Hall–Kier alpha value is -2.80. The van der Waals surface area contributed by atoms with Crippen molar-refractivity contribution in [3.05, 3.63) is 65.6 Å². The van der Waals surface area contributed by atoms with Gasteiger partial charge in [0.05, 0.1) is 11.4 Å². The number of anilines is 1. The van der Waals surface area contributed by atoms with E-state index in [9.17, 15) is 13.6 Å².